The van der Waals surface area contributed by atoms with E-state index < -0.39 is 0 Å². The van der Waals surface area contributed by atoms with Crippen LogP contribution in [0.1, 0.15) is 47.9 Å². The SMILES string of the molecule is Nc1cccc(C2=C(c3ccc(O[C@H]4CCN(CCCF)C4)cc3)c3cc(N)ccc3CCC2)c1. The van der Waals surface area contributed by atoms with Crippen molar-refractivity contribution in [1.29, 1.82) is 0 Å². The topological polar surface area (TPSA) is 64.5 Å². The molecule has 1 aliphatic heterocycles. The maximum absolute atomic E-state index is 12.5. The summed E-state index contributed by atoms with van der Waals surface area (Å²) in [4.78, 5) is 2.29. The first-order chi connectivity index (χ1) is 17.1. The summed E-state index contributed by atoms with van der Waals surface area (Å²) < 4.78 is 18.8. The van der Waals surface area contributed by atoms with Crippen LogP contribution in [-0.4, -0.2) is 37.3 Å². The van der Waals surface area contributed by atoms with Gasteiger partial charge in [-0.1, -0.05) is 30.3 Å². The maximum Gasteiger partial charge on any atom is 0.119 e. The fourth-order valence-corrected chi connectivity index (χ4v) is 5.41. The number of nitrogens with two attached hydrogens (primary N) is 2. The Hall–Kier alpha value is -3.31. The molecule has 182 valence electrons. The van der Waals surface area contributed by atoms with Crippen LogP contribution in [-0.2, 0) is 6.42 Å². The second-order valence-electron chi connectivity index (χ2n) is 9.65. The van der Waals surface area contributed by atoms with Gasteiger partial charge in [0, 0.05) is 31.0 Å². The van der Waals surface area contributed by atoms with Crippen molar-refractivity contribution in [1.82, 2.24) is 4.90 Å². The standard InChI is InChI=1S/C30H34FN3O/c31-15-3-16-34-17-14-27(20-34)35-26-12-9-22(10-13-26)30-28(23-5-1-6-24(32)18-23)7-2-4-21-8-11-25(33)19-29(21)30/h1,5-6,8-13,18-19,27H,2-4,7,14-17,20,32-33H2/t27-/m0/s1. The quantitative estimate of drug-likeness (QED) is 0.418. The third kappa shape index (κ3) is 5.35. The average molecular weight is 472 g/mol. The Morgan fingerprint density at radius 2 is 1.74 bits per heavy atom. The number of anilines is 2. The van der Waals surface area contributed by atoms with E-state index in [9.17, 15) is 4.39 Å². The van der Waals surface area contributed by atoms with E-state index in [0.717, 1.165) is 73.6 Å². The Morgan fingerprint density at radius 3 is 2.54 bits per heavy atom. The summed E-state index contributed by atoms with van der Waals surface area (Å²) in [7, 11) is 0. The molecule has 0 amide bonds. The Kier molecular flexibility index (Phi) is 7.05. The van der Waals surface area contributed by atoms with Gasteiger partial charge in [0.05, 0.1) is 6.67 Å². The van der Waals surface area contributed by atoms with E-state index in [1.165, 1.54) is 22.3 Å². The summed E-state index contributed by atoms with van der Waals surface area (Å²) in [5.41, 5.74) is 21.3. The number of alkyl halides is 1. The zero-order valence-corrected chi connectivity index (χ0v) is 20.2. The first kappa shape index (κ1) is 23.4. The number of rotatable bonds is 7. The molecule has 5 rings (SSSR count). The van der Waals surface area contributed by atoms with Crippen molar-refractivity contribution >= 4 is 22.5 Å². The van der Waals surface area contributed by atoms with Gasteiger partial charge in [-0.05, 0) is 102 Å². The minimum atomic E-state index is -0.258. The summed E-state index contributed by atoms with van der Waals surface area (Å²) in [6.07, 6.45) is 4.80. The van der Waals surface area contributed by atoms with Gasteiger partial charge < -0.3 is 16.2 Å². The third-order valence-corrected chi connectivity index (χ3v) is 7.10. The predicted molar refractivity (Wildman–Crippen MR) is 143 cm³/mol. The normalized spacial score (nSPS) is 18.4. The highest BCUT2D eigenvalue weighted by Gasteiger charge is 2.24. The van der Waals surface area contributed by atoms with Crippen molar-refractivity contribution in [3.05, 3.63) is 89.0 Å². The van der Waals surface area contributed by atoms with Crippen LogP contribution in [0.5, 0.6) is 5.75 Å². The van der Waals surface area contributed by atoms with E-state index in [4.69, 9.17) is 16.2 Å². The first-order valence-corrected chi connectivity index (χ1v) is 12.6. The summed E-state index contributed by atoms with van der Waals surface area (Å²) >= 11 is 0. The van der Waals surface area contributed by atoms with E-state index in [1.807, 2.05) is 18.2 Å². The molecule has 0 spiro atoms. The van der Waals surface area contributed by atoms with Crippen molar-refractivity contribution in [3.63, 3.8) is 0 Å². The van der Waals surface area contributed by atoms with Crippen LogP contribution in [0.2, 0.25) is 0 Å². The van der Waals surface area contributed by atoms with Crippen LogP contribution < -0.4 is 16.2 Å². The van der Waals surface area contributed by atoms with Crippen molar-refractivity contribution in [2.75, 3.05) is 37.8 Å². The lowest BCUT2D eigenvalue weighted by molar-refractivity contribution is 0.198. The number of ether oxygens (including phenoxy) is 1. The summed E-state index contributed by atoms with van der Waals surface area (Å²) in [5.74, 6) is 0.874. The number of benzene rings is 3. The van der Waals surface area contributed by atoms with Gasteiger partial charge in [-0.2, -0.15) is 0 Å². The zero-order valence-electron chi connectivity index (χ0n) is 20.2. The van der Waals surface area contributed by atoms with E-state index >= 15 is 0 Å². The number of fused-ring (bicyclic) bond motifs is 1. The minimum Gasteiger partial charge on any atom is -0.489 e. The zero-order chi connectivity index (χ0) is 24.2. The molecule has 1 atom stereocenters. The van der Waals surface area contributed by atoms with Crippen molar-refractivity contribution in [2.45, 2.75) is 38.2 Å². The summed E-state index contributed by atoms with van der Waals surface area (Å²) in [5, 5.41) is 0. The van der Waals surface area contributed by atoms with Gasteiger partial charge >= 0.3 is 0 Å². The van der Waals surface area contributed by atoms with E-state index in [-0.39, 0.29) is 12.8 Å². The molecule has 0 unspecified atom stereocenters. The van der Waals surface area contributed by atoms with Gasteiger partial charge in [-0.15, -0.1) is 0 Å². The predicted octanol–water partition coefficient (Wildman–Crippen LogP) is 5.96. The van der Waals surface area contributed by atoms with Crippen LogP contribution in [0, 0.1) is 0 Å². The molecule has 3 aromatic rings. The van der Waals surface area contributed by atoms with Crippen LogP contribution in [0.4, 0.5) is 15.8 Å². The smallest absolute Gasteiger partial charge is 0.119 e. The number of nitrogens with zero attached hydrogens (tertiary/aromatic N) is 1. The fraction of sp³-hybridized carbons (Fsp3) is 0.333. The number of allylic oxidation sites excluding steroid dienone is 1. The number of hydrogen-bond donors (Lipinski definition) is 2. The molecule has 4 nitrogen and oxygen atoms in total. The number of nitrogen functional groups attached to an aromatic ring is 2. The minimum absolute atomic E-state index is 0.154. The van der Waals surface area contributed by atoms with Crippen molar-refractivity contribution in [2.24, 2.45) is 0 Å². The van der Waals surface area contributed by atoms with Gasteiger partial charge in [-0.25, -0.2) is 0 Å². The van der Waals surface area contributed by atoms with Crippen molar-refractivity contribution in [3.8, 4) is 5.75 Å². The summed E-state index contributed by atoms with van der Waals surface area (Å²) in [6, 6.07) is 22.9. The van der Waals surface area contributed by atoms with Crippen LogP contribution >= 0.6 is 0 Å². The number of hydrogen-bond acceptors (Lipinski definition) is 4. The molecule has 35 heavy (non-hydrogen) atoms. The fourth-order valence-electron chi connectivity index (χ4n) is 5.41. The monoisotopic (exact) mass is 471 g/mol. The Labute approximate surface area is 207 Å². The molecule has 4 N–H and O–H groups in total. The lowest BCUT2D eigenvalue weighted by atomic mass is 9.87. The molecule has 0 saturated carbocycles. The van der Waals surface area contributed by atoms with Gasteiger partial charge in [-0.3, -0.25) is 9.29 Å². The molecule has 2 aliphatic rings. The molecule has 3 aromatic carbocycles. The molecule has 0 bridgehead atoms. The lowest BCUT2D eigenvalue weighted by Gasteiger charge is -2.19. The van der Waals surface area contributed by atoms with Gasteiger partial charge in [0.15, 0.2) is 0 Å². The molecular formula is C30H34FN3O. The first-order valence-electron chi connectivity index (χ1n) is 12.6. The van der Waals surface area contributed by atoms with Crippen LogP contribution in [0.25, 0.3) is 11.1 Å². The average Bonchev–Trinajstić information content (AvgIpc) is 3.22. The largest absolute Gasteiger partial charge is 0.489 e. The number of aryl methyl sites for hydroxylation is 1. The number of likely N-dealkylation sites (tertiary alicyclic amines) is 1. The molecular weight excluding hydrogens is 437 g/mol. The number of halogens is 1. The van der Waals surface area contributed by atoms with E-state index in [0.29, 0.717) is 6.42 Å². The molecule has 5 heteroatoms. The third-order valence-electron chi connectivity index (χ3n) is 7.10. The van der Waals surface area contributed by atoms with Gasteiger partial charge in [0.2, 0.25) is 0 Å². The Morgan fingerprint density at radius 1 is 0.914 bits per heavy atom. The molecule has 0 aromatic heterocycles. The Bertz CT molecular complexity index is 1200. The Balaban J connectivity index is 1.47. The van der Waals surface area contributed by atoms with Crippen LogP contribution in [0.3, 0.4) is 0 Å². The van der Waals surface area contributed by atoms with Crippen molar-refractivity contribution < 1.29 is 9.13 Å². The molecule has 1 aliphatic carbocycles. The molecule has 1 heterocycles. The van der Waals surface area contributed by atoms with Crippen LogP contribution in [0.15, 0.2) is 66.7 Å². The summed E-state index contributed by atoms with van der Waals surface area (Å²) in [6.45, 7) is 2.38. The maximum atomic E-state index is 12.5. The highest BCUT2D eigenvalue weighted by atomic mass is 19.1. The van der Waals surface area contributed by atoms with E-state index in [2.05, 4.69) is 53.4 Å². The molecule has 1 saturated heterocycles. The van der Waals surface area contributed by atoms with E-state index in [1.54, 1.807) is 0 Å². The second kappa shape index (κ2) is 10.5. The van der Waals surface area contributed by atoms with Gasteiger partial charge in [0.25, 0.3) is 0 Å². The second-order valence-corrected chi connectivity index (χ2v) is 9.65. The lowest BCUT2D eigenvalue weighted by Crippen LogP contribution is -2.26. The van der Waals surface area contributed by atoms with Gasteiger partial charge in [0.1, 0.15) is 11.9 Å². The highest BCUT2D eigenvalue weighted by Crippen LogP contribution is 2.41. The highest BCUT2D eigenvalue weighted by molar-refractivity contribution is 6.00. The molecule has 1 fully saturated rings. The molecule has 0 radical (unpaired) electrons.